The maximum Gasteiger partial charge on any atom is 0.278 e. The Labute approximate surface area is 175 Å². The Balaban J connectivity index is 1.74. The molecule has 0 bridgehead atoms. The Morgan fingerprint density at radius 3 is 2.17 bits per heavy atom. The second-order valence-electron chi connectivity index (χ2n) is 7.35. The fraction of sp³-hybridized carbons (Fsp3) is 0.304. The van der Waals surface area contributed by atoms with E-state index in [4.69, 9.17) is 14.5 Å². The third-order valence-corrected chi connectivity index (χ3v) is 5.19. The summed E-state index contributed by atoms with van der Waals surface area (Å²) in [6.07, 6.45) is -0.435. The van der Waals surface area contributed by atoms with E-state index in [9.17, 15) is 9.90 Å². The van der Waals surface area contributed by atoms with E-state index in [1.54, 1.807) is 12.4 Å². The summed E-state index contributed by atoms with van der Waals surface area (Å²) < 4.78 is 10.7. The molecule has 3 N–H and O–H groups in total. The Bertz CT molecular complexity index is 982. The van der Waals surface area contributed by atoms with Crippen LogP contribution in [0.1, 0.15) is 42.5 Å². The Kier molecular flexibility index (Phi) is 6.66. The summed E-state index contributed by atoms with van der Waals surface area (Å²) in [4.78, 5) is 12.3. The normalized spacial score (nSPS) is 14.2. The van der Waals surface area contributed by atoms with Crippen LogP contribution in [0.4, 0.5) is 0 Å². The lowest BCUT2D eigenvalue weighted by Crippen LogP contribution is -2.50. The van der Waals surface area contributed by atoms with Gasteiger partial charge in [-0.15, -0.1) is 0 Å². The first-order chi connectivity index (χ1) is 14.4. The third-order valence-electron chi connectivity index (χ3n) is 5.19. The molecule has 0 radical (unpaired) electrons. The van der Waals surface area contributed by atoms with E-state index in [2.05, 4.69) is 36.3 Å². The summed E-state index contributed by atoms with van der Waals surface area (Å²) in [5, 5.41) is 23.5. The second kappa shape index (κ2) is 9.21. The largest absolute Gasteiger partial charge is 0.383 e. The number of nitrogens with one attached hydrogen (secondary N) is 1. The molecule has 0 aliphatic carbocycles. The SMILES string of the molecule is CCc1ccc(-c2ccc(CO[C@](C)(C(=O)NO)[C@@H](O)c3cc(C)on3)cc2)cc1. The number of nitrogens with zero attached hydrogens (tertiary/aromatic N) is 1. The number of benzene rings is 2. The van der Waals surface area contributed by atoms with Gasteiger partial charge in [-0.25, -0.2) is 5.48 Å². The van der Waals surface area contributed by atoms with Gasteiger partial charge in [-0.05, 0) is 42.5 Å². The first kappa shape index (κ1) is 21.7. The third kappa shape index (κ3) is 4.59. The highest BCUT2D eigenvalue weighted by atomic mass is 16.5. The summed E-state index contributed by atoms with van der Waals surface area (Å²) >= 11 is 0. The van der Waals surface area contributed by atoms with Crippen molar-refractivity contribution in [3.05, 3.63) is 77.2 Å². The van der Waals surface area contributed by atoms with Gasteiger partial charge in [0, 0.05) is 6.07 Å². The second-order valence-corrected chi connectivity index (χ2v) is 7.35. The zero-order valence-electron chi connectivity index (χ0n) is 17.3. The van der Waals surface area contributed by atoms with Crippen LogP contribution >= 0.6 is 0 Å². The van der Waals surface area contributed by atoms with Crippen LogP contribution in [-0.2, 0) is 22.6 Å². The average Bonchev–Trinajstić information content (AvgIpc) is 3.23. The van der Waals surface area contributed by atoms with Crippen LogP contribution in [0.25, 0.3) is 11.1 Å². The molecule has 1 aromatic heterocycles. The van der Waals surface area contributed by atoms with Gasteiger partial charge < -0.3 is 14.4 Å². The minimum atomic E-state index is -1.77. The molecular weight excluding hydrogens is 384 g/mol. The zero-order valence-corrected chi connectivity index (χ0v) is 17.3. The number of amides is 1. The molecule has 0 unspecified atom stereocenters. The highest BCUT2D eigenvalue weighted by Gasteiger charge is 2.44. The highest BCUT2D eigenvalue weighted by Crippen LogP contribution is 2.31. The molecule has 0 fully saturated rings. The van der Waals surface area contributed by atoms with Crippen molar-refractivity contribution in [1.82, 2.24) is 10.6 Å². The van der Waals surface area contributed by atoms with Crippen molar-refractivity contribution in [2.45, 2.75) is 45.5 Å². The van der Waals surface area contributed by atoms with Crippen LogP contribution in [0.2, 0.25) is 0 Å². The van der Waals surface area contributed by atoms with E-state index in [0.717, 1.165) is 23.1 Å². The summed E-state index contributed by atoms with van der Waals surface area (Å²) in [6.45, 7) is 5.23. The van der Waals surface area contributed by atoms with E-state index < -0.39 is 17.6 Å². The van der Waals surface area contributed by atoms with Crippen LogP contribution in [0.15, 0.2) is 59.1 Å². The van der Waals surface area contributed by atoms with Crippen LogP contribution in [0.3, 0.4) is 0 Å². The molecule has 0 saturated carbocycles. The van der Waals surface area contributed by atoms with Crippen molar-refractivity contribution in [1.29, 1.82) is 0 Å². The monoisotopic (exact) mass is 410 g/mol. The summed E-state index contributed by atoms with van der Waals surface area (Å²) in [5.74, 6) is -0.401. The number of hydroxylamine groups is 1. The molecule has 3 rings (SSSR count). The molecule has 0 aliphatic rings. The minimum Gasteiger partial charge on any atom is -0.383 e. The molecule has 2 atom stereocenters. The molecule has 1 heterocycles. The number of aliphatic hydroxyl groups excluding tert-OH is 1. The quantitative estimate of drug-likeness (QED) is 0.386. The van der Waals surface area contributed by atoms with Gasteiger partial charge in [0.1, 0.15) is 17.6 Å². The summed E-state index contributed by atoms with van der Waals surface area (Å²) in [6, 6.07) is 17.6. The minimum absolute atomic E-state index is 0.0485. The van der Waals surface area contributed by atoms with Crippen molar-refractivity contribution < 1.29 is 24.4 Å². The number of carbonyl (C=O) groups is 1. The number of aliphatic hydroxyl groups is 1. The van der Waals surface area contributed by atoms with Gasteiger partial charge in [-0.3, -0.25) is 10.0 Å². The standard InChI is InChI=1S/C23H26N2O5/c1-4-16-5-9-18(10-6-16)19-11-7-17(8-12-19)14-29-23(3,22(27)24-28)21(26)20-13-15(2)30-25-20/h5-13,21,26,28H,4,14H2,1-3H3,(H,24,27)/t21-,23-/m0/s1. The molecule has 3 aromatic rings. The van der Waals surface area contributed by atoms with E-state index >= 15 is 0 Å². The summed E-state index contributed by atoms with van der Waals surface area (Å²) in [5.41, 5.74) is 4.20. The van der Waals surface area contributed by atoms with Crippen molar-refractivity contribution in [3.63, 3.8) is 0 Å². The van der Waals surface area contributed by atoms with Gasteiger partial charge in [0.2, 0.25) is 0 Å². The number of aromatic nitrogens is 1. The van der Waals surface area contributed by atoms with E-state index in [1.807, 2.05) is 24.3 Å². The number of hydrogen-bond donors (Lipinski definition) is 3. The van der Waals surface area contributed by atoms with Crippen molar-refractivity contribution in [2.75, 3.05) is 0 Å². The molecule has 30 heavy (non-hydrogen) atoms. The van der Waals surface area contributed by atoms with Gasteiger partial charge >= 0.3 is 0 Å². The van der Waals surface area contributed by atoms with Crippen molar-refractivity contribution >= 4 is 5.91 Å². The molecule has 0 aliphatic heterocycles. The van der Waals surface area contributed by atoms with E-state index in [0.29, 0.717) is 5.76 Å². The predicted octanol–water partition coefficient (Wildman–Crippen LogP) is 3.73. The van der Waals surface area contributed by atoms with E-state index in [1.165, 1.54) is 18.6 Å². The molecule has 0 saturated heterocycles. The van der Waals surface area contributed by atoms with E-state index in [-0.39, 0.29) is 12.3 Å². The molecule has 2 aromatic carbocycles. The molecular formula is C23H26N2O5. The maximum absolute atomic E-state index is 12.3. The number of hydrogen-bond acceptors (Lipinski definition) is 6. The smallest absolute Gasteiger partial charge is 0.278 e. The zero-order chi connectivity index (χ0) is 21.7. The van der Waals surface area contributed by atoms with Gasteiger partial charge in [0.25, 0.3) is 5.91 Å². The van der Waals surface area contributed by atoms with Gasteiger partial charge in [-0.2, -0.15) is 0 Å². The Morgan fingerprint density at radius 2 is 1.70 bits per heavy atom. The fourth-order valence-electron chi connectivity index (χ4n) is 3.14. The van der Waals surface area contributed by atoms with Crippen molar-refractivity contribution in [2.24, 2.45) is 0 Å². The first-order valence-corrected chi connectivity index (χ1v) is 9.75. The maximum atomic E-state index is 12.3. The predicted molar refractivity (Wildman–Crippen MR) is 111 cm³/mol. The highest BCUT2D eigenvalue weighted by molar-refractivity contribution is 5.84. The van der Waals surface area contributed by atoms with Crippen LogP contribution in [0, 0.1) is 6.92 Å². The lowest BCUT2D eigenvalue weighted by molar-refractivity contribution is -0.174. The Morgan fingerprint density at radius 1 is 1.13 bits per heavy atom. The Hall–Kier alpha value is -3.00. The fourth-order valence-corrected chi connectivity index (χ4v) is 3.14. The lowest BCUT2D eigenvalue weighted by Gasteiger charge is -2.31. The van der Waals surface area contributed by atoms with Crippen molar-refractivity contribution in [3.8, 4) is 11.1 Å². The van der Waals surface area contributed by atoms with Gasteiger partial charge in [0.05, 0.1) is 6.61 Å². The number of rotatable bonds is 8. The molecule has 7 heteroatoms. The topological polar surface area (TPSA) is 105 Å². The first-order valence-electron chi connectivity index (χ1n) is 9.75. The molecule has 1 amide bonds. The lowest BCUT2D eigenvalue weighted by atomic mass is 9.95. The average molecular weight is 410 g/mol. The molecule has 158 valence electrons. The van der Waals surface area contributed by atoms with Crippen LogP contribution in [-0.4, -0.2) is 27.0 Å². The number of ether oxygens (including phenoxy) is 1. The van der Waals surface area contributed by atoms with Gasteiger partial charge in [0.15, 0.2) is 5.60 Å². The number of carbonyl (C=O) groups excluding carboxylic acids is 1. The van der Waals surface area contributed by atoms with Crippen LogP contribution < -0.4 is 5.48 Å². The summed E-state index contributed by atoms with van der Waals surface area (Å²) in [7, 11) is 0. The molecule has 7 nitrogen and oxygen atoms in total. The van der Waals surface area contributed by atoms with Crippen LogP contribution in [0.5, 0.6) is 0 Å². The molecule has 0 spiro atoms. The number of aryl methyl sites for hydroxylation is 2. The van der Waals surface area contributed by atoms with Gasteiger partial charge in [-0.1, -0.05) is 60.6 Å².